The van der Waals surface area contributed by atoms with E-state index in [0.29, 0.717) is 24.0 Å². The van der Waals surface area contributed by atoms with Crippen LogP contribution >= 0.6 is 11.3 Å². The molecule has 174 valence electrons. The Balaban J connectivity index is 1.46. The largest absolute Gasteiger partial charge is 0.304 e. The van der Waals surface area contributed by atoms with E-state index in [-0.39, 0.29) is 11.2 Å². The van der Waals surface area contributed by atoms with Gasteiger partial charge in [-0.05, 0) is 31.3 Å². The number of para-hydroxylation sites is 1. The van der Waals surface area contributed by atoms with Crippen molar-refractivity contribution in [3.05, 3.63) is 85.2 Å². The standard InChI is InChI=1S/C24H24N6O3S/c1-27-10-12-28(13-11-27)14-22-25-20-5-3-2-4-19(20)24(31)29(22)15-23-26-21(16-34-23)17-6-8-18(9-7-17)30(32)33/h2-9,16H,10-15H2,1H3. The van der Waals surface area contributed by atoms with E-state index in [1.165, 1.54) is 23.5 Å². The monoisotopic (exact) mass is 476 g/mol. The zero-order valence-corrected chi connectivity index (χ0v) is 19.6. The minimum absolute atomic E-state index is 0.0431. The summed E-state index contributed by atoms with van der Waals surface area (Å²) in [5, 5.41) is 14.2. The van der Waals surface area contributed by atoms with Gasteiger partial charge in [0.2, 0.25) is 0 Å². The van der Waals surface area contributed by atoms with Gasteiger partial charge in [0.25, 0.3) is 11.2 Å². The number of likely N-dealkylation sites (N-methyl/N-ethyl adjacent to an activating group) is 1. The van der Waals surface area contributed by atoms with E-state index in [9.17, 15) is 14.9 Å². The Bertz CT molecular complexity index is 1390. The van der Waals surface area contributed by atoms with Crippen molar-refractivity contribution in [3.8, 4) is 11.3 Å². The fourth-order valence-corrected chi connectivity index (χ4v) is 4.90. The molecule has 1 aliphatic heterocycles. The van der Waals surface area contributed by atoms with Crippen LogP contribution in [0, 0.1) is 10.1 Å². The van der Waals surface area contributed by atoms with Crippen LogP contribution in [0.15, 0.2) is 58.7 Å². The van der Waals surface area contributed by atoms with Crippen molar-refractivity contribution in [2.75, 3.05) is 33.2 Å². The van der Waals surface area contributed by atoms with Gasteiger partial charge in [-0.25, -0.2) is 9.97 Å². The first-order valence-corrected chi connectivity index (χ1v) is 11.9. The second-order valence-corrected chi connectivity index (χ2v) is 9.39. The molecule has 4 aromatic rings. The van der Waals surface area contributed by atoms with Crippen LogP contribution in [0.5, 0.6) is 0 Å². The number of nitro groups is 1. The maximum absolute atomic E-state index is 13.4. The average Bonchev–Trinajstić information content (AvgIpc) is 3.32. The number of aromatic nitrogens is 3. The van der Waals surface area contributed by atoms with Gasteiger partial charge in [0.15, 0.2) is 0 Å². The zero-order chi connectivity index (χ0) is 23.7. The summed E-state index contributed by atoms with van der Waals surface area (Å²) in [5.41, 5.74) is 2.22. The van der Waals surface area contributed by atoms with E-state index < -0.39 is 4.92 Å². The van der Waals surface area contributed by atoms with Gasteiger partial charge in [-0.2, -0.15) is 0 Å². The quantitative estimate of drug-likeness (QED) is 0.311. The Morgan fingerprint density at radius 3 is 2.47 bits per heavy atom. The molecule has 1 fully saturated rings. The van der Waals surface area contributed by atoms with Gasteiger partial charge in [0, 0.05) is 49.3 Å². The summed E-state index contributed by atoms with van der Waals surface area (Å²) >= 11 is 1.47. The fourth-order valence-electron chi connectivity index (χ4n) is 4.11. The maximum atomic E-state index is 13.4. The molecule has 0 spiro atoms. The van der Waals surface area contributed by atoms with Crippen molar-refractivity contribution < 1.29 is 4.92 Å². The molecule has 0 N–H and O–H groups in total. The Labute approximate surface area is 200 Å². The molecule has 9 nitrogen and oxygen atoms in total. The highest BCUT2D eigenvalue weighted by molar-refractivity contribution is 7.09. The number of fused-ring (bicyclic) bond motifs is 1. The van der Waals surface area contributed by atoms with Crippen LogP contribution in [0.1, 0.15) is 10.8 Å². The highest BCUT2D eigenvalue weighted by Gasteiger charge is 2.19. The average molecular weight is 477 g/mol. The summed E-state index contributed by atoms with van der Waals surface area (Å²) in [5.74, 6) is 0.736. The van der Waals surface area contributed by atoms with Crippen molar-refractivity contribution in [1.29, 1.82) is 0 Å². The lowest BCUT2D eigenvalue weighted by atomic mass is 10.1. The van der Waals surface area contributed by atoms with E-state index in [2.05, 4.69) is 16.8 Å². The second-order valence-electron chi connectivity index (χ2n) is 8.45. The number of rotatable bonds is 6. The van der Waals surface area contributed by atoms with Crippen molar-refractivity contribution in [2.24, 2.45) is 0 Å². The molecule has 2 aromatic heterocycles. The van der Waals surface area contributed by atoms with E-state index in [1.807, 2.05) is 29.6 Å². The number of nitrogens with zero attached hydrogens (tertiary/aromatic N) is 6. The second kappa shape index (κ2) is 9.41. The highest BCUT2D eigenvalue weighted by Crippen LogP contribution is 2.25. The lowest BCUT2D eigenvalue weighted by Crippen LogP contribution is -2.44. The zero-order valence-electron chi connectivity index (χ0n) is 18.8. The van der Waals surface area contributed by atoms with Crippen LogP contribution in [-0.2, 0) is 13.1 Å². The molecule has 10 heteroatoms. The van der Waals surface area contributed by atoms with Crippen LogP contribution in [0.4, 0.5) is 5.69 Å². The summed E-state index contributed by atoms with van der Waals surface area (Å²) in [6.07, 6.45) is 0. The third kappa shape index (κ3) is 4.60. The Hall–Kier alpha value is -3.47. The molecule has 0 amide bonds. The van der Waals surface area contributed by atoms with Crippen molar-refractivity contribution >= 4 is 27.9 Å². The van der Waals surface area contributed by atoms with Crippen LogP contribution < -0.4 is 5.56 Å². The Morgan fingerprint density at radius 1 is 1.00 bits per heavy atom. The molecule has 0 saturated carbocycles. The lowest BCUT2D eigenvalue weighted by Gasteiger charge is -2.32. The first-order valence-electron chi connectivity index (χ1n) is 11.1. The molecule has 0 unspecified atom stereocenters. The number of piperazine rings is 1. The first kappa shape index (κ1) is 22.3. The normalized spacial score (nSPS) is 15.1. The molecule has 0 aliphatic carbocycles. The van der Waals surface area contributed by atoms with Gasteiger partial charge < -0.3 is 4.90 Å². The summed E-state index contributed by atoms with van der Waals surface area (Å²) in [6.45, 7) is 4.78. The number of hydrogen-bond donors (Lipinski definition) is 0. The summed E-state index contributed by atoms with van der Waals surface area (Å²) in [4.78, 5) is 38.1. The minimum atomic E-state index is -0.419. The maximum Gasteiger partial charge on any atom is 0.269 e. The molecule has 34 heavy (non-hydrogen) atoms. The summed E-state index contributed by atoms with van der Waals surface area (Å²) < 4.78 is 1.74. The van der Waals surface area contributed by atoms with Crippen LogP contribution in [0.3, 0.4) is 0 Å². The van der Waals surface area contributed by atoms with Crippen molar-refractivity contribution in [1.82, 2.24) is 24.3 Å². The van der Waals surface area contributed by atoms with Gasteiger partial charge >= 0.3 is 0 Å². The van der Waals surface area contributed by atoms with Gasteiger partial charge in [0.1, 0.15) is 10.8 Å². The summed E-state index contributed by atoms with van der Waals surface area (Å²) in [6, 6.07) is 13.8. The molecule has 0 bridgehead atoms. The van der Waals surface area contributed by atoms with Crippen LogP contribution in [-0.4, -0.2) is 62.5 Å². The van der Waals surface area contributed by atoms with E-state index >= 15 is 0 Å². The van der Waals surface area contributed by atoms with E-state index in [0.717, 1.165) is 48.3 Å². The minimum Gasteiger partial charge on any atom is -0.304 e. The lowest BCUT2D eigenvalue weighted by molar-refractivity contribution is -0.384. The highest BCUT2D eigenvalue weighted by atomic mass is 32.1. The van der Waals surface area contributed by atoms with E-state index in [1.54, 1.807) is 16.7 Å². The van der Waals surface area contributed by atoms with Crippen LogP contribution in [0.2, 0.25) is 0 Å². The van der Waals surface area contributed by atoms with Crippen LogP contribution in [0.25, 0.3) is 22.2 Å². The summed E-state index contributed by atoms with van der Waals surface area (Å²) in [7, 11) is 2.12. The molecule has 1 aliphatic rings. The van der Waals surface area contributed by atoms with Gasteiger partial charge in [0.05, 0.1) is 34.6 Å². The molecular weight excluding hydrogens is 452 g/mol. The molecule has 5 rings (SSSR count). The third-order valence-corrected chi connectivity index (χ3v) is 6.95. The number of thiazole rings is 1. The third-order valence-electron chi connectivity index (χ3n) is 6.12. The van der Waals surface area contributed by atoms with Crippen molar-refractivity contribution in [3.63, 3.8) is 0 Å². The predicted molar refractivity (Wildman–Crippen MR) is 132 cm³/mol. The topological polar surface area (TPSA) is 97.4 Å². The smallest absolute Gasteiger partial charge is 0.269 e. The molecular formula is C24H24N6O3S. The van der Waals surface area contributed by atoms with E-state index in [4.69, 9.17) is 9.97 Å². The number of non-ortho nitro benzene ring substituents is 1. The number of nitro benzene ring substituents is 1. The molecule has 1 saturated heterocycles. The van der Waals surface area contributed by atoms with Gasteiger partial charge in [-0.15, -0.1) is 11.3 Å². The first-order chi connectivity index (χ1) is 16.5. The Morgan fingerprint density at radius 2 is 1.74 bits per heavy atom. The van der Waals surface area contributed by atoms with Gasteiger partial charge in [-0.3, -0.25) is 24.4 Å². The predicted octanol–water partition coefficient (Wildman–Crippen LogP) is 3.22. The van der Waals surface area contributed by atoms with Gasteiger partial charge in [-0.1, -0.05) is 12.1 Å². The van der Waals surface area contributed by atoms with Crippen molar-refractivity contribution in [2.45, 2.75) is 13.1 Å². The SMILES string of the molecule is CN1CCN(Cc2nc3ccccc3c(=O)n2Cc2nc(-c3ccc([N+](=O)[O-])cc3)cs2)CC1. The number of benzene rings is 2. The molecule has 3 heterocycles. The fraction of sp³-hybridized carbons (Fsp3) is 0.292. The Kier molecular flexibility index (Phi) is 6.18. The molecule has 0 radical (unpaired) electrons. The molecule has 0 atom stereocenters. The number of hydrogen-bond acceptors (Lipinski definition) is 8. The molecule has 2 aromatic carbocycles.